The van der Waals surface area contributed by atoms with Crippen molar-refractivity contribution in [2.24, 2.45) is 5.73 Å². The molecule has 1 unspecified atom stereocenters. The Hall–Kier alpha value is -2.14. The van der Waals surface area contributed by atoms with Gasteiger partial charge in [0.05, 0.1) is 18.1 Å². The lowest BCUT2D eigenvalue weighted by Crippen LogP contribution is -2.45. The average molecular weight is 300 g/mol. The van der Waals surface area contributed by atoms with Crippen molar-refractivity contribution in [3.8, 4) is 0 Å². The van der Waals surface area contributed by atoms with E-state index in [4.69, 9.17) is 5.73 Å². The maximum atomic E-state index is 11.9. The minimum absolute atomic E-state index is 0.119. The number of benzene rings is 1. The van der Waals surface area contributed by atoms with Crippen LogP contribution in [0.15, 0.2) is 42.9 Å². The van der Waals surface area contributed by atoms with Crippen molar-refractivity contribution in [1.29, 1.82) is 0 Å². The number of hydrogen-bond donors (Lipinski definition) is 2. The smallest absolute Gasteiger partial charge is 0.237 e. The number of nitrogens with zero attached hydrogens (tertiary/aromatic N) is 2. The molecular weight excluding hydrogens is 276 g/mol. The van der Waals surface area contributed by atoms with E-state index in [0.29, 0.717) is 6.42 Å². The molecule has 1 heterocycles. The van der Waals surface area contributed by atoms with Crippen LogP contribution in [0.5, 0.6) is 0 Å². The number of nitrogens with two attached hydrogens (primary N) is 1. The molecule has 0 radical (unpaired) electrons. The average Bonchev–Trinajstić information content (AvgIpc) is 2.95. The van der Waals surface area contributed by atoms with Crippen LogP contribution in [0.4, 0.5) is 0 Å². The van der Waals surface area contributed by atoms with Crippen LogP contribution >= 0.6 is 0 Å². The van der Waals surface area contributed by atoms with Crippen molar-refractivity contribution in [2.45, 2.75) is 45.3 Å². The molecule has 0 aliphatic carbocycles. The Morgan fingerprint density at radius 2 is 2.09 bits per heavy atom. The van der Waals surface area contributed by atoms with Gasteiger partial charge in [-0.1, -0.05) is 37.3 Å². The molecule has 2 aromatic rings. The Bertz CT molecular complexity index is 594. The molecule has 3 N–H and O–H groups in total. The molecule has 0 aliphatic rings. The van der Waals surface area contributed by atoms with E-state index in [1.807, 2.05) is 42.8 Å². The summed E-state index contributed by atoms with van der Waals surface area (Å²) in [5.74, 6) is -0.119. The Balaban J connectivity index is 1.90. The third-order valence-corrected chi connectivity index (χ3v) is 3.66. The summed E-state index contributed by atoms with van der Waals surface area (Å²) in [4.78, 5) is 16.3. The summed E-state index contributed by atoms with van der Waals surface area (Å²) < 4.78 is 2.00. The van der Waals surface area contributed by atoms with Crippen LogP contribution in [0.1, 0.15) is 31.5 Å². The molecule has 1 amide bonds. The van der Waals surface area contributed by atoms with Gasteiger partial charge in [-0.3, -0.25) is 4.79 Å². The fourth-order valence-corrected chi connectivity index (χ4v) is 2.16. The van der Waals surface area contributed by atoms with Gasteiger partial charge < -0.3 is 15.6 Å². The fraction of sp³-hybridized carbons (Fsp3) is 0.412. The molecule has 5 nitrogen and oxygen atoms in total. The Kier molecular flexibility index (Phi) is 5.72. The van der Waals surface area contributed by atoms with Gasteiger partial charge in [-0.05, 0) is 18.9 Å². The molecule has 2 atom stereocenters. The molecule has 22 heavy (non-hydrogen) atoms. The third kappa shape index (κ3) is 4.70. The Labute approximate surface area is 131 Å². The van der Waals surface area contributed by atoms with Crippen LogP contribution < -0.4 is 11.1 Å². The SMILES string of the molecule is CCC(C)NC(=O)[C@@H](N)Cc1cn(Cc2ccccc2)cn1. The molecule has 1 aromatic carbocycles. The second-order valence-corrected chi connectivity index (χ2v) is 5.65. The standard InChI is InChI=1S/C17H24N4O/c1-3-13(2)20-17(22)16(18)9-15-11-21(12-19-15)10-14-7-5-4-6-8-14/h4-8,11-13,16H,3,9-10,18H2,1-2H3,(H,20,22)/t13?,16-/m0/s1. The van der Waals surface area contributed by atoms with Gasteiger partial charge in [-0.25, -0.2) is 4.98 Å². The highest BCUT2D eigenvalue weighted by Crippen LogP contribution is 2.05. The molecule has 0 saturated carbocycles. The Morgan fingerprint density at radius 1 is 1.36 bits per heavy atom. The summed E-state index contributed by atoms with van der Waals surface area (Å²) >= 11 is 0. The minimum Gasteiger partial charge on any atom is -0.352 e. The lowest BCUT2D eigenvalue weighted by atomic mass is 10.1. The number of hydrogen-bond acceptors (Lipinski definition) is 3. The van der Waals surface area contributed by atoms with Gasteiger partial charge in [0.25, 0.3) is 0 Å². The largest absolute Gasteiger partial charge is 0.352 e. The maximum Gasteiger partial charge on any atom is 0.237 e. The van der Waals surface area contributed by atoms with Crippen molar-refractivity contribution in [3.05, 3.63) is 54.1 Å². The van der Waals surface area contributed by atoms with Crippen LogP contribution in [0.3, 0.4) is 0 Å². The van der Waals surface area contributed by atoms with Crippen LogP contribution in [0.2, 0.25) is 0 Å². The molecule has 1 aromatic heterocycles. The second kappa shape index (κ2) is 7.75. The van der Waals surface area contributed by atoms with Crippen molar-refractivity contribution < 1.29 is 4.79 Å². The molecule has 5 heteroatoms. The lowest BCUT2D eigenvalue weighted by molar-refractivity contribution is -0.122. The predicted octanol–water partition coefficient (Wildman–Crippen LogP) is 1.72. The van der Waals surface area contributed by atoms with Gasteiger partial charge in [0, 0.05) is 25.2 Å². The number of aromatic nitrogens is 2. The molecule has 2 rings (SSSR count). The summed E-state index contributed by atoms with van der Waals surface area (Å²) in [5.41, 5.74) is 8.00. The first-order valence-electron chi connectivity index (χ1n) is 7.69. The van der Waals surface area contributed by atoms with Crippen LogP contribution in [0, 0.1) is 0 Å². The number of carbonyl (C=O) groups excluding carboxylic acids is 1. The molecule has 0 fully saturated rings. The van der Waals surface area contributed by atoms with E-state index in [1.165, 1.54) is 5.56 Å². The summed E-state index contributed by atoms with van der Waals surface area (Å²) in [6, 6.07) is 9.77. The summed E-state index contributed by atoms with van der Waals surface area (Å²) in [6.45, 7) is 4.77. The minimum atomic E-state index is -0.561. The van der Waals surface area contributed by atoms with Crippen LogP contribution in [0.25, 0.3) is 0 Å². The predicted molar refractivity (Wildman–Crippen MR) is 87.3 cm³/mol. The normalized spacial score (nSPS) is 13.6. The third-order valence-electron chi connectivity index (χ3n) is 3.66. The van der Waals surface area contributed by atoms with Crippen LogP contribution in [-0.2, 0) is 17.8 Å². The highest BCUT2D eigenvalue weighted by atomic mass is 16.2. The molecule has 0 bridgehead atoms. The number of amides is 1. The van der Waals surface area contributed by atoms with E-state index in [9.17, 15) is 4.79 Å². The van der Waals surface area contributed by atoms with E-state index in [1.54, 1.807) is 6.33 Å². The van der Waals surface area contributed by atoms with Gasteiger partial charge in [0.15, 0.2) is 0 Å². The summed E-state index contributed by atoms with van der Waals surface area (Å²) in [7, 11) is 0. The van der Waals surface area contributed by atoms with E-state index in [-0.39, 0.29) is 11.9 Å². The summed E-state index contributed by atoms with van der Waals surface area (Å²) in [5, 5.41) is 2.90. The number of rotatable bonds is 7. The topological polar surface area (TPSA) is 72.9 Å². The van der Waals surface area contributed by atoms with E-state index >= 15 is 0 Å². The number of nitrogens with one attached hydrogen (secondary N) is 1. The Morgan fingerprint density at radius 3 is 2.77 bits per heavy atom. The van der Waals surface area contributed by atoms with Gasteiger partial charge >= 0.3 is 0 Å². The molecule has 0 saturated heterocycles. The zero-order valence-electron chi connectivity index (χ0n) is 13.2. The van der Waals surface area contributed by atoms with Gasteiger partial charge in [-0.2, -0.15) is 0 Å². The van der Waals surface area contributed by atoms with Crippen molar-refractivity contribution in [3.63, 3.8) is 0 Å². The van der Waals surface area contributed by atoms with Crippen molar-refractivity contribution in [1.82, 2.24) is 14.9 Å². The first-order valence-corrected chi connectivity index (χ1v) is 7.69. The molecule has 0 spiro atoms. The molecule has 0 aliphatic heterocycles. The summed E-state index contributed by atoms with van der Waals surface area (Å²) in [6.07, 6.45) is 5.07. The van der Waals surface area contributed by atoms with Crippen molar-refractivity contribution >= 4 is 5.91 Å². The first kappa shape index (κ1) is 16.2. The van der Waals surface area contributed by atoms with Crippen LogP contribution in [-0.4, -0.2) is 27.5 Å². The fourth-order valence-electron chi connectivity index (χ4n) is 2.16. The van der Waals surface area contributed by atoms with Crippen molar-refractivity contribution in [2.75, 3.05) is 0 Å². The first-order chi connectivity index (χ1) is 10.6. The van der Waals surface area contributed by atoms with E-state index in [2.05, 4.69) is 22.4 Å². The lowest BCUT2D eigenvalue weighted by Gasteiger charge is -2.15. The zero-order chi connectivity index (χ0) is 15.9. The second-order valence-electron chi connectivity index (χ2n) is 5.65. The number of imidazole rings is 1. The highest BCUT2D eigenvalue weighted by molar-refractivity contribution is 5.81. The highest BCUT2D eigenvalue weighted by Gasteiger charge is 2.16. The zero-order valence-corrected chi connectivity index (χ0v) is 13.2. The molecular formula is C17H24N4O. The monoisotopic (exact) mass is 300 g/mol. The van der Waals surface area contributed by atoms with E-state index in [0.717, 1.165) is 18.7 Å². The maximum absolute atomic E-state index is 11.9. The number of carbonyl (C=O) groups is 1. The van der Waals surface area contributed by atoms with Gasteiger partial charge in [0.2, 0.25) is 5.91 Å². The quantitative estimate of drug-likeness (QED) is 0.817. The van der Waals surface area contributed by atoms with Gasteiger partial charge in [-0.15, -0.1) is 0 Å². The molecule has 118 valence electrons. The van der Waals surface area contributed by atoms with Gasteiger partial charge in [0.1, 0.15) is 0 Å². The van der Waals surface area contributed by atoms with E-state index < -0.39 is 6.04 Å².